The summed E-state index contributed by atoms with van der Waals surface area (Å²) in [6, 6.07) is 16.8. The summed E-state index contributed by atoms with van der Waals surface area (Å²) >= 11 is 0. The van der Waals surface area contributed by atoms with Gasteiger partial charge >= 0.3 is 6.18 Å². The lowest BCUT2D eigenvalue weighted by molar-refractivity contribution is -0.401. The molecular formula is C31H31F3N2O4. The van der Waals surface area contributed by atoms with Crippen LogP contribution in [-0.2, 0) is 25.2 Å². The number of hydrogen-bond acceptors (Lipinski definition) is 5. The van der Waals surface area contributed by atoms with Gasteiger partial charge < -0.3 is 19.5 Å². The Morgan fingerprint density at radius 3 is 2.05 bits per heavy atom. The molecule has 0 saturated carbocycles. The number of halogens is 3. The van der Waals surface area contributed by atoms with Crippen LogP contribution in [0.2, 0.25) is 0 Å². The van der Waals surface area contributed by atoms with Crippen molar-refractivity contribution in [2.24, 2.45) is 0 Å². The van der Waals surface area contributed by atoms with Gasteiger partial charge in [-0.2, -0.15) is 17.7 Å². The van der Waals surface area contributed by atoms with Crippen LogP contribution in [0, 0.1) is 0 Å². The average Bonchev–Trinajstić information content (AvgIpc) is 3.21. The van der Waals surface area contributed by atoms with Gasteiger partial charge in [0, 0.05) is 41.6 Å². The maximum atomic E-state index is 13.4. The molecule has 5 rings (SSSR count). The number of allylic oxidation sites excluding steroid dienone is 5. The highest BCUT2D eigenvalue weighted by atomic mass is 19.4. The minimum absolute atomic E-state index is 0.0344. The monoisotopic (exact) mass is 552 g/mol. The Kier molecular flexibility index (Phi) is 7.07. The van der Waals surface area contributed by atoms with Gasteiger partial charge in [-0.1, -0.05) is 50.2 Å². The molecule has 0 fully saturated rings. The van der Waals surface area contributed by atoms with Crippen LogP contribution >= 0.6 is 0 Å². The van der Waals surface area contributed by atoms with E-state index in [-0.39, 0.29) is 16.6 Å². The van der Waals surface area contributed by atoms with Crippen LogP contribution in [-0.4, -0.2) is 49.4 Å². The number of nitrogens with zero attached hydrogens (tertiary/aromatic N) is 2. The first-order valence-electron chi connectivity index (χ1n) is 12.6. The van der Waals surface area contributed by atoms with Crippen molar-refractivity contribution in [3.05, 3.63) is 94.4 Å². The van der Waals surface area contributed by atoms with Crippen molar-refractivity contribution in [1.29, 1.82) is 0 Å². The summed E-state index contributed by atoms with van der Waals surface area (Å²) in [7, 11) is 5.78. The summed E-state index contributed by atoms with van der Waals surface area (Å²) < 4.78 is 39.5. The number of hydrogen-bond donors (Lipinski definition) is 0. The number of carbonyl (C=O) groups is 2. The Balaban J connectivity index is 0.000000470. The minimum Gasteiger partial charge on any atom is -0.542 e. The van der Waals surface area contributed by atoms with Crippen LogP contribution in [0.1, 0.15) is 38.8 Å². The number of carbonyl (C=O) groups excluding carboxylic acids is 2. The van der Waals surface area contributed by atoms with Gasteiger partial charge in [0.25, 0.3) is 0 Å². The molecule has 210 valence electrons. The molecule has 40 heavy (non-hydrogen) atoms. The molecule has 3 aliphatic rings. The van der Waals surface area contributed by atoms with Crippen molar-refractivity contribution in [2.75, 3.05) is 26.1 Å². The van der Waals surface area contributed by atoms with Gasteiger partial charge in [-0.25, -0.2) is 0 Å². The smallest absolute Gasteiger partial charge is 0.430 e. The van der Waals surface area contributed by atoms with Crippen molar-refractivity contribution < 1.29 is 37.2 Å². The average molecular weight is 553 g/mol. The second-order valence-electron chi connectivity index (χ2n) is 10.9. The van der Waals surface area contributed by atoms with Crippen LogP contribution in [0.5, 0.6) is 0 Å². The fraction of sp³-hybridized carbons (Fsp3) is 0.323. The molecule has 2 aromatic carbocycles. The van der Waals surface area contributed by atoms with Crippen LogP contribution in [0.4, 0.5) is 24.5 Å². The minimum atomic E-state index is -5.19. The van der Waals surface area contributed by atoms with E-state index in [1.54, 1.807) is 7.11 Å². The van der Waals surface area contributed by atoms with E-state index in [1.807, 2.05) is 12.2 Å². The fourth-order valence-corrected chi connectivity index (χ4v) is 5.71. The van der Waals surface area contributed by atoms with Crippen LogP contribution in [0.3, 0.4) is 0 Å². The van der Waals surface area contributed by atoms with Crippen LogP contribution in [0.25, 0.3) is 0 Å². The number of ketones is 1. The van der Waals surface area contributed by atoms with Gasteiger partial charge in [-0.05, 0) is 31.6 Å². The second-order valence-corrected chi connectivity index (χ2v) is 10.9. The summed E-state index contributed by atoms with van der Waals surface area (Å²) in [5.74, 6) is -2.31. The number of likely N-dealkylation sites (N-methyl/N-ethyl adjacent to an activating group) is 1. The van der Waals surface area contributed by atoms with E-state index in [0.29, 0.717) is 16.9 Å². The molecule has 1 aliphatic carbocycles. The Labute approximate surface area is 231 Å². The number of rotatable bonds is 3. The molecule has 0 saturated heterocycles. The van der Waals surface area contributed by atoms with Crippen LogP contribution in [0.15, 0.2) is 83.3 Å². The third-order valence-electron chi connectivity index (χ3n) is 7.86. The molecule has 0 unspecified atom stereocenters. The highest BCUT2D eigenvalue weighted by molar-refractivity contribution is 6.24. The quantitative estimate of drug-likeness (QED) is 0.408. The lowest BCUT2D eigenvalue weighted by Crippen LogP contribution is -2.37. The van der Waals surface area contributed by atoms with E-state index in [1.165, 1.54) is 22.5 Å². The summed E-state index contributed by atoms with van der Waals surface area (Å²) in [6.07, 6.45) is -1.16. The molecule has 6 nitrogen and oxygen atoms in total. The molecular weight excluding hydrogens is 521 g/mol. The SMILES string of the molecule is COC1=C(C=C2N(C)c3ccccc3C2(C)C)C(=O)C1=CC1=[N+](C)c2ccccc2C1(C)C.O=C([O-])C(F)(F)F. The molecule has 0 amide bonds. The molecule has 2 aliphatic heterocycles. The number of benzene rings is 2. The van der Waals surface area contributed by atoms with Gasteiger partial charge in [0.05, 0.1) is 23.7 Å². The summed E-state index contributed by atoms with van der Waals surface area (Å²) in [6.45, 7) is 8.82. The molecule has 9 heteroatoms. The molecule has 0 radical (unpaired) electrons. The largest absolute Gasteiger partial charge is 0.542 e. The van der Waals surface area contributed by atoms with Crippen LogP contribution < -0.4 is 10.0 Å². The number of alkyl halides is 3. The van der Waals surface area contributed by atoms with Crippen molar-refractivity contribution >= 4 is 28.8 Å². The maximum absolute atomic E-state index is 13.4. The Morgan fingerprint density at radius 2 is 1.52 bits per heavy atom. The first-order valence-corrected chi connectivity index (χ1v) is 12.6. The van der Waals surface area contributed by atoms with Crippen molar-refractivity contribution in [1.82, 2.24) is 0 Å². The zero-order valence-electron chi connectivity index (χ0n) is 23.4. The summed E-state index contributed by atoms with van der Waals surface area (Å²) in [5.41, 5.74) is 7.98. The number of fused-ring (bicyclic) bond motifs is 2. The molecule has 0 bridgehead atoms. The van der Waals surface area contributed by atoms with Gasteiger partial charge in [-0.15, -0.1) is 0 Å². The Bertz CT molecular complexity index is 1540. The number of aliphatic carboxylic acids is 1. The second kappa shape index (κ2) is 9.80. The van der Waals surface area contributed by atoms with Gasteiger partial charge in [0.15, 0.2) is 5.71 Å². The van der Waals surface area contributed by atoms with E-state index >= 15 is 0 Å². The molecule has 0 atom stereocenters. The normalized spacial score (nSPS) is 20.8. The van der Waals surface area contributed by atoms with Crippen molar-refractivity contribution in [3.8, 4) is 0 Å². The van der Waals surface area contributed by atoms with E-state index in [9.17, 15) is 18.0 Å². The highest BCUT2D eigenvalue weighted by Gasteiger charge is 2.46. The number of anilines is 1. The molecule has 0 N–H and O–H groups in total. The maximum Gasteiger partial charge on any atom is 0.430 e. The molecule has 2 heterocycles. The predicted molar refractivity (Wildman–Crippen MR) is 144 cm³/mol. The first kappa shape index (κ1) is 28.9. The lowest BCUT2D eigenvalue weighted by Gasteiger charge is -2.28. The number of ether oxygens (including phenoxy) is 1. The van der Waals surface area contributed by atoms with Gasteiger partial charge in [0.2, 0.25) is 11.5 Å². The van der Waals surface area contributed by atoms with E-state index in [0.717, 1.165) is 11.4 Å². The highest BCUT2D eigenvalue weighted by Crippen LogP contribution is 2.48. The predicted octanol–water partition coefficient (Wildman–Crippen LogP) is 4.71. The Morgan fingerprint density at radius 1 is 0.975 bits per heavy atom. The number of Topliss-reactive ketones (excluding diaryl/α,β-unsaturated/α-hetero) is 1. The third kappa shape index (κ3) is 4.53. The summed E-state index contributed by atoms with van der Waals surface area (Å²) in [5, 5.41) is 8.78. The molecule has 2 aromatic rings. The zero-order chi connectivity index (χ0) is 29.8. The first-order chi connectivity index (χ1) is 18.5. The van der Waals surface area contributed by atoms with E-state index in [2.05, 4.69) is 99.8 Å². The lowest BCUT2D eigenvalue weighted by atomic mass is 9.77. The fourth-order valence-electron chi connectivity index (χ4n) is 5.71. The van der Waals surface area contributed by atoms with E-state index in [4.69, 9.17) is 14.6 Å². The number of para-hydroxylation sites is 2. The molecule has 0 spiro atoms. The number of carboxylic acid groups (broad SMARTS) is 1. The summed E-state index contributed by atoms with van der Waals surface area (Å²) in [4.78, 5) is 24.4. The number of carboxylic acids is 1. The van der Waals surface area contributed by atoms with E-state index < -0.39 is 12.1 Å². The Hall–Kier alpha value is -4.14. The standard InChI is InChI=1S/C29H31N2O2.C2HF3O2/c1-28(2)20-12-8-10-14-22(20)30(5)24(28)16-18-26(32)19(27(18)33-7)17-25-29(3,4)21-13-9-11-15-23(21)31(25)6;3-2(4,5)1(6)7/h8-17H,1-7H3;(H,6,7)/q+1;/p-1. The van der Waals surface area contributed by atoms with Gasteiger partial charge in [-0.3, -0.25) is 4.79 Å². The molecule has 0 aromatic heterocycles. The topological polar surface area (TPSA) is 72.7 Å². The number of methoxy groups -OCH3 is 1. The third-order valence-corrected chi connectivity index (χ3v) is 7.86. The van der Waals surface area contributed by atoms with Crippen molar-refractivity contribution in [3.63, 3.8) is 0 Å². The van der Waals surface area contributed by atoms with Gasteiger partial charge in [0.1, 0.15) is 18.8 Å². The zero-order valence-corrected chi connectivity index (χ0v) is 23.4. The van der Waals surface area contributed by atoms with Crippen molar-refractivity contribution in [2.45, 2.75) is 44.7 Å².